The summed E-state index contributed by atoms with van der Waals surface area (Å²) in [5.41, 5.74) is -0.0893. The summed E-state index contributed by atoms with van der Waals surface area (Å²) >= 11 is 17.0. The molecule has 0 heterocycles. The number of aromatic hydroxyl groups is 1. The molecule has 24 atom stereocenters. The van der Waals surface area contributed by atoms with Crippen LogP contribution in [0.5, 0.6) is 11.5 Å². The summed E-state index contributed by atoms with van der Waals surface area (Å²) in [7, 11) is 7.36. The summed E-state index contributed by atoms with van der Waals surface area (Å²) in [4.78, 5) is 46.4. The topological polar surface area (TPSA) is 220 Å². The Balaban J connectivity index is 0.000000290. The first-order valence-corrected chi connectivity index (χ1v) is 47.7. The van der Waals surface area contributed by atoms with Crippen molar-refractivity contribution in [1.29, 1.82) is 10.5 Å². The molecular formula is C90H137Ag2Cl5F2N2O10S. The normalized spacial score (nSPS) is 33.9. The van der Waals surface area contributed by atoms with Crippen LogP contribution in [-0.2, 0) is 75.1 Å². The number of aldehydes is 1. The second-order valence-corrected chi connectivity index (χ2v) is 38.7. The van der Waals surface area contributed by atoms with Crippen molar-refractivity contribution in [3.8, 4) is 23.6 Å². The van der Waals surface area contributed by atoms with E-state index in [2.05, 4.69) is 49.1 Å². The Labute approximate surface area is 727 Å². The van der Waals surface area contributed by atoms with E-state index in [9.17, 15) is 33.1 Å². The summed E-state index contributed by atoms with van der Waals surface area (Å²) < 4.78 is 48.9. The van der Waals surface area contributed by atoms with Gasteiger partial charge in [-0.2, -0.15) is 10.5 Å². The van der Waals surface area contributed by atoms with Gasteiger partial charge in [-0.15, -0.1) is 23.2 Å². The number of hydrogen-bond acceptors (Lipinski definition) is 11. The Morgan fingerprint density at radius 2 is 0.786 bits per heavy atom. The van der Waals surface area contributed by atoms with Gasteiger partial charge in [0.1, 0.15) is 41.6 Å². The number of carbonyl (C=O) groups excluding carboxylic acids is 3. The first-order valence-electron chi connectivity index (χ1n) is 42.8. The predicted octanol–water partition coefficient (Wildman–Crippen LogP) is 25.6. The van der Waals surface area contributed by atoms with E-state index in [0.29, 0.717) is 11.8 Å². The molecule has 12 fully saturated rings. The molecule has 2 aromatic carbocycles. The van der Waals surface area contributed by atoms with Crippen LogP contribution in [0.4, 0.5) is 8.78 Å². The molecule has 0 aliphatic heterocycles. The monoisotopic (exact) mass is 1860 g/mol. The molecular weight excluding hydrogens is 1730 g/mol. The molecule has 24 unspecified atom stereocenters. The van der Waals surface area contributed by atoms with Gasteiger partial charge in [-0.1, -0.05) is 112 Å². The Morgan fingerprint density at radius 3 is 1.10 bits per heavy atom. The van der Waals surface area contributed by atoms with Gasteiger partial charge in [-0.05, 0) is 341 Å². The van der Waals surface area contributed by atoms with Crippen molar-refractivity contribution in [2.75, 3.05) is 11.9 Å². The van der Waals surface area contributed by atoms with Crippen molar-refractivity contribution < 1.29 is 98.9 Å². The number of aliphatic carboxylic acids is 1. The van der Waals surface area contributed by atoms with Crippen LogP contribution in [0, 0.1) is 176 Å². The van der Waals surface area contributed by atoms with E-state index in [4.69, 9.17) is 67.7 Å². The molecule has 0 spiro atoms. The number of carboxylic acids is 1. The Morgan fingerprint density at radius 1 is 0.500 bits per heavy atom. The number of carboxylic acid groups (broad SMARTS) is 1. The second kappa shape index (κ2) is 55.2. The second-order valence-electron chi connectivity index (χ2n) is 35.0. The number of hydrogen-bond donors (Lipinski definition) is 3. The van der Waals surface area contributed by atoms with Gasteiger partial charge in [0.05, 0.1) is 28.3 Å². The summed E-state index contributed by atoms with van der Waals surface area (Å²) in [5.74, 6) is 16.7. The number of phenolic OH excluding ortho intramolecular Hbond substituents is 1. The van der Waals surface area contributed by atoms with Crippen molar-refractivity contribution in [2.45, 2.75) is 299 Å². The molecule has 0 amide bonds. The van der Waals surface area contributed by atoms with Gasteiger partial charge >= 0.3 is 36.2 Å². The average molecular weight is 1870 g/mol. The van der Waals surface area contributed by atoms with Crippen LogP contribution in [0.3, 0.4) is 0 Å². The number of alkyl halides is 2. The molecule has 12 aliphatic rings. The van der Waals surface area contributed by atoms with Crippen LogP contribution in [0.1, 0.15) is 310 Å². The van der Waals surface area contributed by atoms with Gasteiger partial charge in [0, 0.05) is 74.3 Å². The third kappa shape index (κ3) is 31.7. The van der Waals surface area contributed by atoms with E-state index in [1.165, 1.54) is 242 Å². The number of aliphatic hydroxyl groups excluding tert-OH is 1. The zero-order chi connectivity index (χ0) is 80.4. The molecule has 1 radical (unpaired) electrons. The summed E-state index contributed by atoms with van der Waals surface area (Å²) in [6.45, 7) is 11.2. The van der Waals surface area contributed by atoms with Gasteiger partial charge in [-0.3, -0.25) is 14.4 Å². The molecule has 0 saturated heterocycles. The number of phenols is 1. The maximum absolute atomic E-state index is 13.8. The number of rotatable bonds is 13. The van der Waals surface area contributed by atoms with Gasteiger partial charge < -0.3 is 24.9 Å². The molecule has 112 heavy (non-hydrogen) atoms. The average Bonchev–Trinajstić information content (AvgIpc) is 0.796. The molecule has 12 saturated carbocycles. The number of nitrogens with zero attached hydrogens (tertiary/aromatic N) is 2. The first kappa shape index (κ1) is 103. The zero-order valence-electron chi connectivity index (χ0n) is 66.8. The van der Waals surface area contributed by atoms with Crippen LogP contribution in [-0.4, -0.2) is 54.9 Å². The molecule has 0 aromatic heterocycles. The molecule has 0 bridgehead atoms. The Kier molecular flexibility index (Phi) is 50.5. The number of aliphatic hydroxyl groups is 1. The number of ether oxygens (including phenoxy) is 1. The molecule has 12 aliphatic carbocycles. The van der Waals surface area contributed by atoms with E-state index in [-0.39, 0.29) is 93.3 Å². The fraction of sp³-hybridized carbons (Fsp3) is 0.800. The van der Waals surface area contributed by atoms with Crippen molar-refractivity contribution in [3.63, 3.8) is 0 Å². The zero-order valence-corrected chi connectivity index (χ0v) is 74.4. The number of fused-ring (bicyclic) bond motifs is 12. The molecule has 12 nitrogen and oxygen atoms in total. The van der Waals surface area contributed by atoms with Gasteiger partial charge in [-0.25, -0.2) is 13.0 Å². The molecule has 14 rings (SSSR count). The SMILES string of the molecule is C.CCCC1CCC2C(CCC3CC(C(=O)Cl)CCC32)C1.CCCC1CCC2C(CCC3CC(C(=O)O)CCC32)C1.CCCC1CCC2C(CCC3CC(C(=O)Oc4ccc(C#N)c(F)c4)CCC32)C1.CCCC1CCC2C(CCC3CC(C=O)CCC32)C1.CCO.ClCCl.N#Cc1ccc(O)cc1F.O=S(Cl)Cl.[Ag].[O]=[Ag]. The molecule has 2 aromatic rings. The number of nitriles is 2. The summed E-state index contributed by atoms with van der Waals surface area (Å²) in [5, 5.41) is 42.7. The van der Waals surface area contributed by atoms with Crippen LogP contribution in [0.15, 0.2) is 36.4 Å². The van der Waals surface area contributed by atoms with Crippen molar-refractivity contribution in [1.82, 2.24) is 0 Å². The third-order valence-electron chi connectivity index (χ3n) is 29.0. The first-order chi connectivity index (χ1) is 53.1. The van der Waals surface area contributed by atoms with Crippen LogP contribution in [0.2, 0.25) is 0 Å². The fourth-order valence-electron chi connectivity index (χ4n) is 24.5. The van der Waals surface area contributed by atoms with Gasteiger partial charge in [0.15, 0.2) is 0 Å². The number of esters is 1. The van der Waals surface area contributed by atoms with E-state index in [1.54, 1.807) is 40.1 Å². The summed E-state index contributed by atoms with van der Waals surface area (Å²) in [6, 6.07) is 10.8. The van der Waals surface area contributed by atoms with Crippen LogP contribution < -0.4 is 4.74 Å². The fourth-order valence-corrected chi connectivity index (χ4v) is 24.7. The quantitative estimate of drug-likeness (QED) is 0.0426. The number of halogens is 7. The van der Waals surface area contributed by atoms with E-state index in [1.807, 2.05) is 0 Å². The van der Waals surface area contributed by atoms with E-state index >= 15 is 0 Å². The van der Waals surface area contributed by atoms with Crippen molar-refractivity contribution >= 4 is 88.9 Å². The van der Waals surface area contributed by atoms with Crippen molar-refractivity contribution in [3.05, 3.63) is 59.2 Å². The van der Waals surface area contributed by atoms with Crippen LogP contribution >= 0.6 is 56.2 Å². The number of benzene rings is 2. The van der Waals surface area contributed by atoms with Gasteiger partial charge in [0.25, 0.3) is 0 Å². The van der Waals surface area contributed by atoms with Gasteiger partial charge in [0.2, 0.25) is 14.5 Å². The molecule has 3 N–H and O–H groups in total. The maximum atomic E-state index is 13.8. The Hall–Kier alpha value is -1.80. The predicted molar refractivity (Wildman–Crippen MR) is 442 cm³/mol. The minimum absolute atomic E-state index is 0. The Bertz CT molecular complexity index is 3120. The third-order valence-corrected chi connectivity index (χ3v) is 29.3. The summed E-state index contributed by atoms with van der Waals surface area (Å²) in [6.07, 6.45) is 54.1. The number of carbonyl (C=O) groups is 4. The molecule has 644 valence electrons. The van der Waals surface area contributed by atoms with E-state index in [0.717, 1.165) is 170 Å². The van der Waals surface area contributed by atoms with E-state index < -0.39 is 26.8 Å². The van der Waals surface area contributed by atoms with Crippen LogP contribution in [0.25, 0.3) is 0 Å². The standard InChI is InChI=1S/C25H32FNO2.C18H29ClO.C18H30O2.C18H30O.C7H4FNO.C2H6O.CH2Cl2.CH4.2Ag.Cl2OS.O/c1-2-3-16-4-10-22-17(12-16)5-6-18-13-19(8-11-23(18)22)25(28)29-21-9-7-20(15-27)24(26)14-21;2*1-2-3-12-4-8-16-13(10-12)5-6-14-11-15(18(19)20)7-9-17(14)16;1-2-3-13-4-8-17-15(10-13)6-7-16-11-14(12-19)5-9-18(16)17;8-7-3-6(10)2-1-5(7)4-9;1-2-3;2-1-3;;;;1-4(2)3;/h7,9,14,16-19,22-23H,2-6,8,10-13H2,1H3;12-17H,2-11H2,1H3;12-17H,2-11H2,1H3,(H,19,20);12-18H,2-11H2,1H3;1-3,10H;3H,2H2,1H3;1H2;1H4;;;;. The van der Waals surface area contributed by atoms with Crippen molar-refractivity contribution in [2.24, 2.45) is 142 Å². The molecule has 22 heteroatoms. The minimum atomic E-state index is -1.67.